The summed E-state index contributed by atoms with van der Waals surface area (Å²) < 4.78 is 0. The molecule has 1 fully saturated rings. The monoisotopic (exact) mass is 285 g/mol. The van der Waals surface area contributed by atoms with Gasteiger partial charge >= 0.3 is 0 Å². The lowest BCUT2D eigenvalue weighted by atomic mass is 10.0. The van der Waals surface area contributed by atoms with Crippen LogP contribution in [0.3, 0.4) is 0 Å². The zero-order valence-corrected chi connectivity index (χ0v) is 12.3. The van der Waals surface area contributed by atoms with Gasteiger partial charge in [0.15, 0.2) is 0 Å². The highest BCUT2D eigenvalue weighted by Crippen LogP contribution is 2.17. The molecule has 1 saturated carbocycles. The van der Waals surface area contributed by atoms with Crippen LogP contribution in [0.25, 0.3) is 10.8 Å². The lowest BCUT2D eigenvalue weighted by molar-refractivity contribution is -0.114. The molecule has 0 radical (unpaired) electrons. The Hall–Kier alpha value is -1.94. The summed E-state index contributed by atoms with van der Waals surface area (Å²) in [6.07, 6.45) is 12.5. The average Bonchev–Trinajstić information content (AvgIpc) is 2.57. The summed E-state index contributed by atoms with van der Waals surface area (Å²) in [5.74, 6) is -0.191. The second-order valence-corrected chi connectivity index (χ2v) is 5.31. The number of fused-ring (bicyclic) bond motifs is 1. The fraction of sp³-hybridized carbons (Fsp3) is 0.412. The quantitative estimate of drug-likeness (QED) is 0.887. The zero-order chi connectivity index (χ0) is 14.9. The van der Waals surface area contributed by atoms with E-state index in [1.165, 1.54) is 38.5 Å². The number of hydrogen-bond donors (Lipinski definition) is 2. The summed E-state index contributed by atoms with van der Waals surface area (Å²) in [6.45, 7) is -0.00557. The van der Waals surface area contributed by atoms with Crippen LogP contribution in [0.15, 0.2) is 36.7 Å². The molecule has 4 nitrogen and oxygen atoms in total. The number of hydrogen-bond acceptors (Lipinski definition) is 3. The van der Waals surface area contributed by atoms with Gasteiger partial charge in [-0.15, -0.1) is 0 Å². The van der Waals surface area contributed by atoms with Gasteiger partial charge in [-0.1, -0.05) is 44.6 Å². The van der Waals surface area contributed by atoms with Crippen molar-refractivity contribution in [2.24, 2.45) is 5.73 Å². The third-order valence-electron chi connectivity index (χ3n) is 3.61. The molecule has 1 amide bonds. The van der Waals surface area contributed by atoms with Crippen LogP contribution in [0.5, 0.6) is 0 Å². The molecule has 1 aromatic carbocycles. The smallest absolute Gasteiger partial charge is 0.238 e. The molecule has 0 spiro atoms. The Labute approximate surface area is 125 Å². The molecule has 0 aliphatic heterocycles. The first-order valence-corrected chi connectivity index (χ1v) is 7.63. The largest absolute Gasteiger partial charge is 0.325 e. The van der Waals surface area contributed by atoms with Crippen LogP contribution >= 0.6 is 0 Å². The topological polar surface area (TPSA) is 68.0 Å². The molecular formula is C17H23N3O. The number of rotatable bonds is 2. The highest BCUT2D eigenvalue weighted by Gasteiger charge is 2.00. The summed E-state index contributed by atoms with van der Waals surface area (Å²) in [5.41, 5.74) is 5.96. The van der Waals surface area contributed by atoms with E-state index in [1.54, 1.807) is 12.4 Å². The molecule has 1 aliphatic carbocycles. The molecule has 21 heavy (non-hydrogen) atoms. The summed E-state index contributed by atoms with van der Waals surface area (Å²) in [6, 6.07) is 7.53. The number of anilines is 1. The first kappa shape index (κ1) is 15.4. The number of nitrogens with two attached hydrogens (primary N) is 1. The minimum atomic E-state index is -0.191. The molecule has 0 unspecified atom stereocenters. The molecule has 1 aliphatic rings. The average molecular weight is 285 g/mol. The summed E-state index contributed by atoms with van der Waals surface area (Å²) in [7, 11) is 0. The molecule has 2 aromatic rings. The van der Waals surface area contributed by atoms with Gasteiger partial charge in [-0.2, -0.15) is 0 Å². The van der Waals surface area contributed by atoms with Gasteiger partial charge in [-0.3, -0.25) is 9.78 Å². The van der Waals surface area contributed by atoms with E-state index in [4.69, 9.17) is 5.73 Å². The standard InChI is InChI=1S/C11H11N3O.C6H12/c12-6-11(15)14-10-2-1-9-7-13-4-3-8(9)5-10;1-2-4-6-5-3-1/h1-5,7H,6,12H2,(H,14,15);1-6H2. The first-order valence-electron chi connectivity index (χ1n) is 7.63. The van der Waals surface area contributed by atoms with Crippen molar-refractivity contribution in [1.29, 1.82) is 0 Å². The number of amides is 1. The van der Waals surface area contributed by atoms with Gasteiger partial charge in [0.2, 0.25) is 5.91 Å². The van der Waals surface area contributed by atoms with Crippen molar-refractivity contribution in [3.63, 3.8) is 0 Å². The van der Waals surface area contributed by atoms with E-state index in [9.17, 15) is 4.79 Å². The summed E-state index contributed by atoms with van der Waals surface area (Å²) in [5, 5.41) is 4.79. The summed E-state index contributed by atoms with van der Waals surface area (Å²) in [4.78, 5) is 15.1. The van der Waals surface area contributed by atoms with Gasteiger partial charge in [0.1, 0.15) is 0 Å². The van der Waals surface area contributed by atoms with E-state index < -0.39 is 0 Å². The van der Waals surface area contributed by atoms with Crippen LogP contribution in [0.2, 0.25) is 0 Å². The van der Waals surface area contributed by atoms with Crippen LogP contribution < -0.4 is 11.1 Å². The number of benzene rings is 1. The lowest BCUT2D eigenvalue weighted by Crippen LogP contribution is -2.21. The van der Waals surface area contributed by atoms with E-state index in [2.05, 4.69) is 10.3 Å². The molecule has 3 N–H and O–H groups in total. The van der Waals surface area contributed by atoms with Crippen molar-refractivity contribution >= 4 is 22.4 Å². The Bertz CT molecular complexity index is 568. The number of nitrogens with one attached hydrogen (secondary N) is 1. The third-order valence-corrected chi connectivity index (χ3v) is 3.61. The molecule has 3 rings (SSSR count). The molecule has 1 aromatic heterocycles. The van der Waals surface area contributed by atoms with E-state index >= 15 is 0 Å². The fourth-order valence-electron chi connectivity index (χ4n) is 2.43. The fourth-order valence-corrected chi connectivity index (χ4v) is 2.43. The third kappa shape index (κ3) is 5.16. The predicted octanol–water partition coefficient (Wildman–Crippen LogP) is 3.47. The maximum atomic E-state index is 11.1. The molecular weight excluding hydrogens is 262 g/mol. The van der Waals surface area contributed by atoms with Gasteiger partial charge < -0.3 is 11.1 Å². The Morgan fingerprint density at radius 2 is 1.71 bits per heavy atom. The second-order valence-electron chi connectivity index (χ2n) is 5.31. The van der Waals surface area contributed by atoms with Crippen molar-refractivity contribution in [3.05, 3.63) is 36.7 Å². The van der Waals surface area contributed by atoms with Gasteiger partial charge in [0.05, 0.1) is 6.54 Å². The van der Waals surface area contributed by atoms with Crippen molar-refractivity contribution in [1.82, 2.24) is 4.98 Å². The van der Waals surface area contributed by atoms with Gasteiger partial charge in [-0.25, -0.2) is 0 Å². The minimum absolute atomic E-state index is 0.00557. The second kappa shape index (κ2) is 8.37. The normalized spacial score (nSPS) is 14.1. The van der Waals surface area contributed by atoms with Crippen LogP contribution in [0, 0.1) is 0 Å². The van der Waals surface area contributed by atoms with Gasteiger partial charge in [-0.05, 0) is 23.6 Å². The van der Waals surface area contributed by atoms with E-state index in [0.29, 0.717) is 0 Å². The Morgan fingerprint density at radius 3 is 2.33 bits per heavy atom. The molecule has 0 saturated heterocycles. The molecule has 4 heteroatoms. The molecule has 0 atom stereocenters. The van der Waals surface area contributed by atoms with E-state index in [-0.39, 0.29) is 12.5 Å². The van der Waals surface area contributed by atoms with Gasteiger partial charge in [0.25, 0.3) is 0 Å². The van der Waals surface area contributed by atoms with Gasteiger partial charge in [0, 0.05) is 23.5 Å². The van der Waals surface area contributed by atoms with Crippen LogP contribution in [-0.4, -0.2) is 17.4 Å². The number of pyridine rings is 1. The zero-order valence-electron chi connectivity index (χ0n) is 12.3. The van der Waals surface area contributed by atoms with Crippen molar-refractivity contribution < 1.29 is 4.79 Å². The van der Waals surface area contributed by atoms with Crippen molar-refractivity contribution in [2.75, 3.05) is 11.9 Å². The molecule has 1 heterocycles. The Morgan fingerprint density at radius 1 is 1.05 bits per heavy atom. The number of carbonyl (C=O) groups excluding carboxylic acids is 1. The minimum Gasteiger partial charge on any atom is -0.325 e. The Balaban J connectivity index is 0.000000225. The maximum absolute atomic E-state index is 11.1. The predicted molar refractivity (Wildman–Crippen MR) is 87.1 cm³/mol. The van der Waals surface area contributed by atoms with Crippen LogP contribution in [-0.2, 0) is 4.79 Å². The van der Waals surface area contributed by atoms with Crippen LogP contribution in [0.1, 0.15) is 38.5 Å². The van der Waals surface area contributed by atoms with Crippen molar-refractivity contribution in [2.45, 2.75) is 38.5 Å². The number of carbonyl (C=O) groups is 1. The van der Waals surface area contributed by atoms with E-state index in [1.807, 2.05) is 24.3 Å². The molecule has 112 valence electrons. The molecule has 0 bridgehead atoms. The lowest BCUT2D eigenvalue weighted by Gasteiger charge is -2.05. The highest BCUT2D eigenvalue weighted by atomic mass is 16.1. The number of aromatic nitrogens is 1. The maximum Gasteiger partial charge on any atom is 0.238 e. The number of nitrogens with zero attached hydrogens (tertiary/aromatic N) is 1. The Kier molecular flexibility index (Phi) is 6.16. The highest BCUT2D eigenvalue weighted by molar-refractivity contribution is 5.95. The first-order chi connectivity index (χ1) is 10.3. The SMILES string of the molecule is C1CCCCC1.NCC(=O)Nc1ccc2cnccc2c1. The summed E-state index contributed by atoms with van der Waals surface area (Å²) >= 11 is 0. The van der Waals surface area contributed by atoms with Crippen LogP contribution in [0.4, 0.5) is 5.69 Å². The van der Waals surface area contributed by atoms with Crippen molar-refractivity contribution in [3.8, 4) is 0 Å². The van der Waals surface area contributed by atoms with E-state index in [0.717, 1.165) is 16.5 Å².